The monoisotopic (exact) mass is 383 g/mol. The van der Waals surface area contributed by atoms with Gasteiger partial charge in [-0.05, 0) is 73.0 Å². The minimum Gasteiger partial charge on any atom is -0.488 e. The van der Waals surface area contributed by atoms with E-state index in [2.05, 4.69) is 31.0 Å². The van der Waals surface area contributed by atoms with Crippen LogP contribution >= 0.6 is 23.2 Å². The lowest BCUT2D eigenvalue weighted by Crippen LogP contribution is -1.98. The molecule has 0 unspecified atom stereocenters. The number of benzene rings is 3. The van der Waals surface area contributed by atoms with Gasteiger partial charge in [0.15, 0.2) is 0 Å². The third-order valence-electron chi connectivity index (χ3n) is 4.12. The second-order valence-electron chi connectivity index (χ2n) is 6.12. The first-order chi connectivity index (χ1) is 12.5. The topological polar surface area (TPSA) is 21.6 Å². The van der Waals surface area contributed by atoms with E-state index in [-0.39, 0.29) is 0 Å². The van der Waals surface area contributed by atoms with E-state index in [0.29, 0.717) is 16.7 Å². The Hall–Kier alpha value is -2.29. The molecule has 0 N–H and O–H groups in total. The Labute approximate surface area is 164 Å². The zero-order chi connectivity index (χ0) is 18.5. The average molecular weight is 384 g/mol. The van der Waals surface area contributed by atoms with Gasteiger partial charge in [0.1, 0.15) is 12.4 Å². The highest BCUT2D eigenvalue weighted by Crippen LogP contribution is 2.24. The van der Waals surface area contributed by atoms with E-state index in [4.69, 9.17) is 27.9 Å². The highest BCUT2D eigenvalue weighted by molar-refractivity contribution is 6.31. The van der Waals surface area contributed by atoms with Gasteiger partial charge >= 0.3 is 0 Å². The van der Waals surface area contributed by atoms with Gasteiger partial charge < -0.3 is 4.74 Å². The second kappa shape index (κ2) is 8.39. The lowest BCUT2D eigenvalue weighted by molar-refractivity contribution is 0.306. The molecule has 0 spiro atoms. The van der Waals surface area contributed by atoms with Gasteiger partial charge in [-0.25, -0.2) is 0 Å². The summed E-state index contributed by atoms with van der Waals surface area (Å²) >= 11 is 12.1. The molecule has 0 radical (unpaired) electrons. The van der Waals surface area contributed by atoms with Crippen molar-refractivity contribution in [2.24, 2.45) is 4.99 Å². The number of hydrogen-bond acceptors (Lipinski definition) is 2. The van der Waals surface area contributed by atoms with Crippen LogP contribution in [-0.4, -0.2) is 6.21 Å². The zero-order valence-corrected chi connectivity index (χ0v) is 16.2. The Kier molecular flexibility index (Phi) is 5.97. The number of hydrogen-bond donors (Lipinski definition) is 0. The summed E-state index contributed by atoms with van der Waals surface area (Å²) in [7, 11) is 0. The predicted octanol–water partition coefficient (Wildman–Crippen LogP) is 6.94. The van der Waals surface area contributed by atoms with Crippen molar-refractivity contribution in [2.75, 3.05) is 0 Å². The Morgan fingerprint density at radius 1 is 0.846 bits per heavy atom. The zero-order valence-electron chi connectivity index (χ0n) is 14.7. The summed E-state index contributed by atoms with van der Waals surface area (Å²) in [6.07, 6.45) is 1.78. The standard InChI is InChI=1S/C22H19Cl2NO/c1-15-3-9-21(11-16(15)2)25-13-18-12-20(24)8-10-22(18)26-14-17-4-6-19(23)7-5-17/h3-13H,14H2,1-2H3. The highest BCUT2D eigenvalue weighted by Gasteiger charge is 2.04. The first-order valence-corrected chi connectivity index (χ1v) is 9.05. The summed E-state index contributed by atoms with van der Waals surface area (Å²) in [6, 6.07) is 19.2. The summed E-state index contributed by atoms with van der Waals surface area (Å²) < 4.78 is 5.96. The fourth-order valence-corrected chi connectivity index (χ4v) is 2.75. The Morgan fingerprint density at radius 3 is 2.31 bits per heavy atom. The van der Waals surface area contributed by atoms with Gasteiger partial charge in [-0.1, -0.05) is 41.4 Å². The maximum atomic E-state index is 6.15. The van der Waals surface area contributed by atoms with Gasteiger partial charge in [0.2, 0.25) is 0 Å². The van der Waals surface area contributed by atoms with Crippen LogP contribution in [0.4, 0.5) is 5.69 Å². The molecule has 0 aliphatic rings. The molecule has 4 heteroatoms. The van der Waals surface area contributed by atoms with Crippen LogP contribution in [-0.2, 0) is 6.61 Å². The number of halogens is 2. The number of aliphatic imine (C=N–C) groups is 1. The van der Waals surface area contributed by atoms with Gasteiger partial charge in [0.05, 0.1) is 5.69 Å². The second-order valence-corrected chi connectivity index (χ2v) is 7.00. The van der Waals surface area contributed by atoms with Crippen molar-refractivity contribution in [3.8, 4) is 5.75 Å². The molecule has 0 atom stereocenters. The van der Waals surface area contributed by atoms with E-state index in [1.807, 2.05) is 48.5 Å². The quantitative estimate of drug-likeness (QED) is 0.437. The molecular weight excluding hydrogens is 365 g/mol. The molecule has 3 aromatic rings. The van der Waals surface area contributed by atoms with Crippen molar-refractivity contribution < 1.29 is 4.74 Å². The number of nitrogens with zero attached hydrogens (tertiary/aromatic N) is 1. The summed E-state index contributed by atoms with van der Waals surface area (Å²) in [5, 5.41) is 1.35. The van der Waals surface area contributed by atoms with E-state index < -0.39 is 0 Å². The Balaban J connectivity index is 1.79. The van der Waals surface area contributed by atoms with Crippen LogP contribution in [0.25, 0.3) is 0 Å². The third-order valence-corrected chi connectivity index (χ3v) is 4.61. The molecule has 0 saturated heterocycles. The average Bonchev–Trinajstić information content (AvgIpc) is 2.63. The van der Waals surface area contributed by atoms with E-state index >= 15 is 0 Å². The minimum absolute atomic E-state index is 0.448. The van der Waals surface area contributed by atoms with Crippen molar-refractivity contribution in [3.63, 3.8) is 0 Å². The van der Waals surface area contributed by atoms with E-state index in [0.717, 1.165) is 22.6 Å². The largest absolute Gasteiger partial charge is 0.488 e. The molecular formula is C22H19Cl2NO. The van der Waals surface area contributed by atoms with E-state index in [1.54, 1.807) is 6.21 Å². The van der Waals surface area contributed by atoms with Gasteiger partial charge in [-0.15, -0.1) is 0 Å². The van der Waals surface area contributed by atoms with Crippen molar-refractivity contribution in [2.45, 2.75) is 20.5 Å². The molecule has 0 aromatic heterocycles. The van der Waals surface area contributed by atoms with Crippen LogP contribution in [0.15, 0.2) is 65.7 Å². The molecule has 2 nitrogen and oxygen atoms in total. The van der Waals surface area contributed by atoms with Crippen molar-refractivity contribution in [3.05, 3.63) is 93.0 Å². The summed E-state index contributed by atoms with van der Waals surface area (Å²) in [5.41, 5.74) is 5.24. The maximum absolute atomic E-state index is 6.15. The number of ether oxygens (including phenoxy) is 1. The SMILES string of the molecule is Cc1ccc(N=Cc2cc(Cl)ccc2OCc2ccc(Cl)cc2)cc1C. The fourth-order valence-electron chi connectivity index (χ4n) is 2.44. The molecule has 0 amide bonds. The fraction of sp³-hybridized carbons (Fsp3) is 0.136. The third kappa shape index (κ3) is 4.87. The van der Waals surface area contributed by atoms with Crippen LogP contribution < -0.4 is 4.74 Å². The Bertz CT molecular complexity index is 933. The first kappa shape index (κ1) is 18.5. The van der Waals surface area contributed by atoms with Gasteiger partial charge in [0, 0.05) is 21.8 Å². The first-order valence-electron chi connectivity index (χ1n) is 8.29. The van der Waals surface area contributed by atoms with E-state index in [9.17, 15) is 0 Å². The Morgan fingerprint density at radius 2 is 1.58 bits per heavy atom. The van der Waals surface area contributed by atoms with Crippen LogP contribution in [0.2, 0.25) is 10.0 Å². The molecule has 26 heavy (non-hydrogen) atoms. The molecule has 132 valence electrons. The van der Waals surface area contributed by atoms with Crippen LogP contribution in [0, 0.1) is 13.8 Å². The normalized spacial score (nSPS) is 11.1. The van der Waals surface area contributed by atoms with Gasteiger partial charge in [-0.3, -0.25) is 4.99 Å². The maximum Gasteiger partial charge on any atom is 0.128 e. The lowest BCUT2D eigenvalue weighted by atomic mass is 10.1. The van der Waals surface area contributed by atoms with Crippen LogP contribution in [0.5, 0.6) is 5.75 Å². The van der Waals surface area contributed by atoms with Crippen molar-refractivity contribution >= 4 is 35.1 Å². The predicted molar refractivity (Wildman–Crippen MR) is 110 cm³/mol. The summed E-state index contributed by atoms with van der Waals surface area (Å²) in [6.45, 7) is 4.61. The highest BCUT2D eigenvalue weighted by atomic mass is 35.5. The summed E-state index contributed by atoms with van der Waals surface area (Å²) in [4.78, 5) is 4.57. The number of rotatable bonds is 5. The molecule has 3 aromatic carbocycles. The minimum atomic E-state index is 0.448. The van der Waals surface area contributed by atoms with Crippen LogP contribution in [0.1, 0.15) is 22.3 Å². The lowest BCUT2D eigenvalue weighted by Gasteiger charge is -2.10. The van der Waals surface area contributed by atoms with Crippen molar-refractivity contribution in [1.29, 1.82) is 0 Å². The van der Waals surface area contributed by atoms with Gasteiger partial charge in [0.25, 0.3) is 0 Å². The van der Waals surface area contributed by atoms with Gasteiger partial charge in [-0.2, -0.15) is 0 Å². The summed E-state index contributed by atoms with van der Waals surface area (Å²) in [5.74, 6) is 0.733. The van der Waals surface area contributed by atoms with Crippen LogP contribution in [0.3, 0.4) is 0 Å². The molecule has 3 rings (SSSR count). The number of aryl methyl sites for hydroxylation is 2. The molecule has 0 aliphatic heterocycles. The molecule has 0 saturated carbocycles. The van der Waals surface area contributed by atoms with E-state index in [1.165, 1.54) is 11.1 Å². The smallest absolute Gasteiger partial charge is 0.128 e. The molecule has 0 aliphatic carbocycles. The van der Waals surface area contributed by atoms with Crippen molar-refractivity contribution in [1.82, 2.24) is 0 Å². The molecule has 0 fully saturated rings. The molecule has 0 bridgehead atoms. The molecule has 0 heterocycles.